The fourth-order valence-corrected chi connectivity index (χ4v) is 2.79. The van der Waals surface area contributed by atoms with Crippen molar-refractivity contribution < 1.29 is 8.78 Å². The van der Waals surface area contributed by atoms with Gasteiger partial charge in [-0.15, -0.1) is 0 Å². The zero-order valence-electron chi connectivity index (χ0n) is 11.1. The van der Waals surface area contributed by atoms with E-state index < -0.39 is 11.6 Å². The largest absolute Gasteiger partial charge is 0.369 e. The van der Waals surface area contributed by atoms with Gasteiger partial charge in [0.25, 0.3) is 0 Å². The third-order valence-electron chi connectivity index (χ3n) is 3.48. The SMILES string of the molecule is CC(c1ccccc1Cl)n1c(N)nc2c(F)cc(F)cc21. The lowest BCUT2D eigenvalue weighted by Crippen LogP contribution is -2.10. The van der Waals surface area contributed by atoms with Crippen LogP contribution in [0, 0.1) is 11.6 Å². The van der Waals surface area contributed by atoms with Crippen LogP contribution in [0.2, 0.25) is 5.02 Å². The van der Waals surface area contributed by atoms with Crippen LogP contribution in [0.1, 0.15) is 18.5 Å². The number of nitrogens with two attached hydrogens (primary N) is 1. The number of hydrogen-bond donors (Lipinski definition) is 1. The molecule has 1 unspecified atom stereocenters. The van der Waals surface area contributed by atoms with Gasteiger partial charge in [0.15, 0.2) is 5.82 Å². The van der Waals surface area contributed by atoms with E-state index in [1.54, 1.807) is 10.6 Å². The second-order valence-corrected chi connectivity index (χ2v) is 5.20. The molecule has 1 heterocycles. The van der Waals surface area contributed by atoms with Crippen molar-refractivity contribution in [2.45, 2.75) is 13.0 Å². The van der Waals surface area contributed by atoms with Crippen LogP contribution in [0.3, 0.4) is 0 Å². The minimum absolute atomic E-state index is 0.0489. The average molecular weight is 308 g/mol. The number of nitrogen functional groups attached to an aromatic ring is 1. The number of rotatable bonds is 2. The predicted octanol–water partition coefficient (Wildman–Crippen LogP) is 4.16. The highest BCUT2D eigenvalue weighted by Crippen LogP contribution is 2.32. The van der Waals surface area contributed by atoms with Gasteiger partial charge in [-0.2, -0.15) is 0 Å². The molecule has 3 aromatic rings. The molecule has 3 rings (SSSR count). The summed E-state index contributed by atoms with van der Waals surface area (Å²) in [6, 6.07) is 8.96. The number of nitrogens with zero attached hydrogens (tertiary/aromatic N) is 2. The summed E-state index contributed by atoms with van der Waals surface area (Å²) >= 11 is 6.18. The van der Waals surface area contributed by atoms with Crippen molar-refractivity contribution in [1.82, 2.24) is 9.55 Å². The molecule has 6 heteroatoms. The van der Waals surface area contributed by atoms with Crippen molar-refractivity contribution in [3.05, 3.63) is 58.6 Å². The minimum Gasteiger partial charge on any atom is -0.369 e. The highest BCUT2D eigenvalue weighted by atomic mass is 35.5. The van der Waals surface area contributed by atoms with Crippen LogP contribution in [-0.2, 0) is 0 Å². The van der Waals surface area contributed by atoms with Crippen LogP contribution < -0.4 is 5.73 Å². The number of imidazole rings is 1. The van der Waals surface area contributed by atoms with Crippen LogP contribution in [0.5, 0.6) is 0 Å². The summed E-state index contributed by atoms with van der Waals surface area (Å²) in [5.41, 5.74) is 7.03. The lowest BCUT2D eigenvalue weighted by atomic mass is 10.1. The first-order valence-corrected chi connectivity index (χ1v) is 6.73. The molecule has 21 heavy (non-hydrogen) atoms. The maximum absolute atomic E-state index is 13.8. The molecule has 2 aromatic carbocycles. The van der Waals surface area contributed by atoms with E-state index in [-0.39, 0.29) is 17.5 Å². The van der Waals surface area contributed by atoms with E-state index in [4.69, 9.17) is 17.3 Å². The molecule has 0 spiro atoms. The zero-order chi connectivity index (χ0) is 15.1. The van der Waals surface area contributed by atoms with E-state index in [0.29, 0.717) is 10.5 Å². The normalized spacial score (nSPS) is 12.8. The Labute approximate surface area is 125 Å². The molecule has 0 aliphatic heterocycles. The van der Waals surface area contributed by atoms with Crippen LogP contribution in [-0.4, -0.2) is 9.55 Å². The molecule has 0 amide bonds. The monoisotopic (exact) mass is 307 g/mol. The van der Waals surface area contributed by atoms with Gasteiger partial charge >= 0.3 is 0 Å². The third-order valence-corrected chi connectivity index (χ3v) is 3.83. The molecule has 0 bridgehead atoms. The van der Waals surface area contributed by atoms with Gasteiger partial charge in [-0.05, 0) is 18.6 Å². The molecule has 0 aliphatic carbocycles. The van der Waals surface area contributed by atoms with Crippen molar-refractivity contribution in [2.75, 3.05) is 5.73 Å². The summed E-state index contributed by atoms with van der Waals surface area (Å²) in [6.07, 6.45) is 0. The molecular formula is C15H12ClF2N3. The van der Waals surface area contributed by atoms with Crippen LogP contribution in [0.4, 0.5) is 14.7 Å². The second kappa shape index (κ2) is 5.00. The fraction of sp³-hybridized carbons (Fsp3) is 0.133. The quantitative estimate of drug-likeness (QED) is 0.772. The maximum Gasteiger partial charge on any atom is 0.201 e. The van der Waals surface area contributed by atoms with Crippen molar-refractivity contribution in [2.24, 2.45) is 0 Å². The van der Waals surface area contributed by atoms with Crippen molar-refractivity contribution in [1.29, 1.82) is 0 Å². The van der Waals surface area contributed by atoms with Crippen LogP contribution >= 0.6 is 11.6 Å². The number of benzene rings is 2. The highest BCUT2D eigenvalue weighted by molar-refractivity contribution is 6.31. The fourth-order valence-electron chi connectivity index (χ4n) is 2.50. The van der Waals surface area contributed by atoms with Gasteiger partial charge < -0.3 is 10.3 Å². The van der Waals surface area contributed by atoms with Gasteiger partial charge in [0, 0.05) is 17.2 Å². The second-order valence-electron chi connectivity index (χ2n) is 4.79. The molecule has 0 saturated heterocycles. The van der Waals surface area contributed by atoms with Crippen molar-refractivity contribution in [3.8, 4) is 0 Å². The number of hydrogen-bond acceptors (Lipinski definition) is 2. The van der Waals surface area contributed by atoms with Crippen molar-refractivity contribution >= 4 is 28.6 Å². The van der Waals surface area contributed by atoms with Gasteiger partial charge in [0.05, 0.1) is 11.6 Å². The maximum atomic E-state index is 13.8. The summed E-state index contributed by atoms with van der Waals surface area (Å²) in [7, 11) is 0. The van der Waals surface area contributed by atoms with Gasteiger partial charge in [0.1, 0.15) is 11.3 Å². The van der Waals surface area contributed by atoms with Gasteiger partial charge in [-0.3, -0.25) is 0 Å². The summed E-state index contributed by atoms with van der Waals surface area (Å²) in [5.74, 6) is -1.30. The Balaban J connectivity index is 2.25. The smallest absolute Gasteiger partial charge is 0.201 e. The number of halogens is 3. The average Bonchev–Trinajstić information content (AvgIpc) is 2.75. The molecule has 0 radical (unpaired) electrons. The Bertz CT molecular complexity index is 829. The Kier molecular flexibility index (Phi) is 3.29. The first-order valence-electron chi connectivity index (χ1n) is 6.36. The van der Waals surface area contributed by atoms with Crippen LogP contribution in [0.15, 0.2) is 36.4 Å². The molecule has 2 N–H and O–H groups in total. The first-order chi connectivity index (χ1) is 9.99. The Morgan fingerprint density at radius 3 is 2.67 bits per heavy atom. The number of anilines is 1. The number of aromatic nitrogens is 2. The third kappa shape index (κ3) is 2.23. The summed E-state index contributed by atoms with van der Waals surface area (Å²) in [6.45, 7) is 1.85. The standard InChI is InChI=1S/C15H12ClF2N3/c1-8(10-4-2-3-5-11(10)16)21-13-7-9(17)6-12(18)14(13)20-15(21)19/h2-8H,1H3,(H2,19,20). The Morgan fingerprint density at radius 2 is 1.95 bits per heavy atom. The van der Waals surface area contributed by atoms with E-state index in [2.05, 4.69) is 4.98 Å². The zero-order valence-corrected chi connectivity index (χ0v) is 11.9. The molecule has 1 atom stereocenters. The van der Waals surface area contributed by atoms with Gasteiger partial charge in [0.2, 0.25) is 5.95 Å². The molecule has 0 saturated carbocycles. The Hall–Kier alpha value is -2.14. The van der Waals surface area contributed by atoms with Crippen molar-refractivity contribution in [3.63, 3.8) is 0 Å². The molecule has 1 aromatic heterocycles. The van der Waals surface area contributed by atoms with E-state index in [9.17, 15) is 8.78 Å². The van der Waals surface area contributed by atoms with Crippen LogP contribution in [0.25, 0.3) is 11.0 Å². The van der Waals surface area contributed by atoms with E-state index in [1.807, 2.05) is 25.1 Å². The molecule has 0 aliphatic rings. The van der Waals surface area contributed by atoms with E-state index in [1.165, 1.54) is 6.07 Å². The molecule has 3 nitrogen and oxygen atoms in total. The van der Waals surface area contributed by atoms with E-state index >= 15 is 0 Å². The van der Waals surface area contributed by atoms with E-state index in [0.717, 1.165) is 11.6 Å². The summed E-state index contributed by atoms with van der Waals surface area (Å²) in [4.78, 5) is 3.99. The molecule has 0 fully saturated rings. The summed E-state index contributed by atoms with van der Waals surface area (Å²) in [5, 5.41) is 0.558. The lowest BCUT2D eigenvalue weighted by molar-refractivity contribution is 0.589. The minimum atomic E-state index is -0.734. The Morgan fingerprint density at radius 1 is 1.24 bits per heavy atom. The van der Waals surface area contributed by atoms with Gasteiger partial charge in [-0.25, -0.2) is 13.8 Å². The van der Waals surface area contributed by atoms with Gasteiger partial charge in [-0.1, -0.05) is 29.8 Å². The predicted molar refractivity (Wildman–Crippen MR) is 79.3 cm³/mol. The summed E-state index contributed by atoms with van der Waals surface area (Å²) < 4.78 is 28.8. The lowest BCUT2D eigenvalue weighted by Gasteiger charge is -2.17. The molecule has 108 valence electrons. The topological polar surface area (TPSA) is 43.8 Å². The molecular weight excluding hydrogens is 296 g/mol. The number of fused-ring (bicyclic) bond motifs is 1. The highest BCUT2D eigenvalue weighted by Gasteiger charge is 2.20. The first kappa shape index (κ1) is 13.8.